The highest BCUT2D eigenvalue weighted by Gasteiger charge is 2.18. The summed E-state index contributed by atoms with van der Waals surface area (Å²) in [6, 6.07) is 2.08. The van der Waals surface area contributed by atoms with Gasteiger partial charge in [0.25, 0.3) is 5.56 Å². The molecule has 1 saturated heterocycles. The van der Waals surface area contributed by atoms with E-state index in [0.29, 0.717) is 11.9 Å². The summed E-state index contributed by atoms with van der Waals surface area (Å²) >= 11 is 0. The zero-order valence-electron chi connectivity index (χ0n) is 12.1. The lowest BCUT2D eigenvalue weighted by Crippen LogP contribution is -2.41. The van der Waals surface area contributed by atoms with Gasteiger partial charge < -0.3 is 15.2 Å². The maximum absolute atomic E-state index is 11.6. The van der Waals surface area contributed by atoms with Gasteiger partial charge in [-0.1, -0.05) is 20.3 Å². The number of H-pyrrole nitrogens is 1. The van der Waals surface area contributed by atoms with Crippen molar-refractivity contribution in [2.75, 3.05) is 25.5 Å². The second-order valence-electron chi connectivity index (χ2n) is 5.68. The van der Waals surface area contributed by atoms with E-state index in [1.807, 2.05) is 13.8 Å². The van der Waals surface area contributed by atoms with Gasteiger partial charge in [0.1, 0.15) is 11.6 Å². The van der Waals surface area contributed by atoms with Crippen LogP contribution in [0.15, 0.2) is 10.9 Å². The monoisotopic (exact) mass is 264 g/mol. The third-order valence-electron chi connectivity index (χ3n) is 3.75. The van der Waals surface area contributed by atoms with Crippen molar-refractivity contribution in [2.45, 2.75) is 45.1 Å². The molecule has 2 rings (SSSR count). The van der Waals surface area contributed by atoms with Gasteiger partial charge in [-0.2, -0.15) is 0 Å². The molecule has 0 amide bonds. The Morgan fingerprint density at radius 3 is 3.00 bits per heavy atom. The number of nitrogens with zero attached hydrogens (tertiary/aromatic N) is 2. The van der Waals surface area contributed by atoms with E-state index < -0.39 is 0 Å². The number of hydrogen-bond donors (Lipinski definition) is 2. The Balaban J connectivity index is 2.00. The Bertz CT molecular complexity index is 469. The van der Waals surface area contributed by atoms with Gasteiger partial charge >= 0.3 is 0 Å². The number of aromatic nitrogens is 2. The molecule has 2 heterocycles. The summed E-state index contributed by atoms with van der Waals surface area (Å²) < 4.78 is 0. The molecule has 0 bridgehead atoms. The van der Waals surface area contributed by atoms with Gasteiger partial charge in [0.2, 0.25) is 0 Å². The number of likely N-dealkylation sites (N-methyl/N-ethyl adjacent to an activating group) is 1. The van der Waals surface area contributed by atoms with Crippen LogP contribution in [0.5, 0.6) is 0 Å². The Morgan fingerprint density at radius 2 is 2.32 bits per heavy atom. The molecule has 1 aromatic heterocycles. The number of hydrogen-bond acceptors (Lipinski definition) is 4. The lowest BCUT2D eigenvalue weighted by Gasteiger charge is -2.32. The molecule has 0 aliphatic carbocycles. The summed E-state index contributed by atoms with van der Waals surface area (Å²) in [6.45, 7) is 6.06. The van der Waals surface area contributed by atoms with Gasteiger partial charge in [0, 0.05) is 24.6 Å². The van der Waals surface area contributed by atoms with Crippen LogP contribution in [0.1, 0.15) is 44.9 Å². The Kier molecular flexibility index (Phi) is 4.58. The van der Waals surface area contributed by atoms with Crippen molar-refractivity contribution in [3.05, 3.63) is 22.2 Å². The summed E-state index contributed by atoms with van der Waals surface area (Å²) in [6.07, 6.45) is 3.79. The van der Waals surface area contributed by atoms with Crippen molar-refractivity contribution >= 4 is 5.82 Å². The summed E-state index contributed by atoms with van der Waals surface area (Å²) in [7, 11) is 2.16. The molecule has 1 unspecified atom stereocenters. The van der Waals surface area contributed by atoms with E-state index >= 15 is 0 Å². The van der Waals surface area contributed by atoms with Crippen LogP contribution in [0.3, 0.4) is 0 Å². The number of nitrogens with one attached hydrogen (secondary N) is 2. The maximum atomic E-state index is 11.6. The van der Waals surface area contributed by atoms with E-state index in [4.69, 9.17) is 0 Å². The molecule has 1 aromatic rings. The van der Waals surface area contributed by atoms with Crippen molar-refractivity contribution in [1.82, 2.24) is 14.9 Å². The lowest BCUT2D eigenvalue weighted by atomic mass is 10.0. The van der Waals surface area contributed by atoms with Crippen LogP contribution in [0.4, 0.5) is 5.82 Å². The van der Waals surface area contributed by atoms with Gasteiger partial charge in [-0.3, -0.25) is 4.79 Å². The molecule has 0 radical (unpaired) electrons. The first-order valence-electron chi connectivity index (χ1n) is 7.11. The summed E-state index contributed by atoms with van der Waals surface area (Å²) in [5.41, 5.74) is -0.0850. The summed E-state index contributed by atoms with van der Waals surface area (Å²) in [5, 5.41) is 3.31. The summed E-state index contributed by atoms with van der Waals surface area (Å²) in [4.78, 5) is 21.2. The molecule has 1 fully saturated rings. The molecule has 1 atom stereocenters. The van der Waals surface area contributed by atoms with Crippen LogP contribution < -0.4 is 10.9 Å². The standard InChI is InChI=1S/C14H24N4O/c1-10(2)14-16-12(8-13(19)17-14)15-9-11-6-4-5-7-18(11)3/h8,10-11H,4-7,9H2,1-3H3,(H2,15,16,17,19). The minimum Gasteiger partial charge on any atom is -0.368 e. The van der Waals surface area contributed by atoms with E-state index in [-0.39, 0.29) is 11.5 Å². The van der Waals surface area contributed by atoms with Crippen LogP contribution in [0.25, 0.3) is 0 Å². The van der Waals surface area contributed by atoms with Crippen LogP contribution in [0.2, 0.25) is 0 Å². The molecule has 1 aliphatic heterocycles. The van der Waals surface area contributed by atoms with Gasteiger partial charge in [-0.15, -0.1) is 0 Å². The van der Waals surface area contributed by atoms with Crippen LogP contribution >= 0.6 is 0 Å². The highest BCUT2D eigenvalue weighted by molar-refractivity contribution is 5.33. The number of anilines is 1. The van der Waals surface area contributed by atoms with Gasteiger partial charge in [0.15, 0.2) is 0 Å². The van der Waals surface area contributed by atoms with E-state index in [2.05, 4.69) is 27.2 Å². The zero-order chi connectivity index (χ0) is 13.8. The molecule has 0 aromatic carbocycles. The number of aromatic amines is 1. The van der Waals surface area contributed by atoms with Gasteiger partial charge in [-0.05, 0) is 26.4 Å². The number of rotatable bonds is 4. The Labute approximate surface area is 114 Å². The molecule has 106 valence electrons. The van der Waals surface area contributed by atoms with Crippen LogP contribution in [-0.4, -0.2) is 41.0 Å². The second kappa shape index (κ2) is 6.19. The molecular formula is C14H24N4O. The fourth-order valence-electron chi connectivity index (χ4n) is 2.46. The van der Waals surface area contributed by atoms with Crippen molar-refractivity contribution in [3.63, 3.8) is 0 Å². The van der Waals surface area contributed by atoms with Crippen LogP contribution in [0, 0.1) is 0 Å². The highest BCUT2D eigenvalue weighted by Crippen LogP contribution is 2.15. The van der Waals surface area contributed by atoms with Crippen molar-refractivity contribution in [2.24, 2.45) is 0 Å². The van der Waals surface area contributed by atoms with E-state index in [0.717, 1.165) is 18.9 Å². The Morgan fingerprint density at radius 1 is 1.53 bits per heavy atom. The van der Waals surface area contributed by atoms with Crippen molar-refractivity contribution < 1.29 is 0 Å². The molecule has 2 N–H and O–H groups in total. The maximum Gasteiger partial charge on any atom is 0.252 e. The smallest absolute Gasteiger partial charge is 0.252 e. The SMILES string of the molecule is CC(C)c1nc(NCC2CCCCN2C)cc(=O)[nH]1. The summed E-state index contributed by atoms with van der Waals surface area (Å²) in [5.74, 6) is 1.66. The van der Waals surface area contributed by atoms with Gasteiger partial charge in [0.05, 0.1) is 0 Å². The minimum absolute atomic E-state index is 0.0850. The third kappa shape index (κ3) is 3.80. The number of likely N-dealkylation sites (tertiary alicyclic amines) is 1. The average molecular weight is 264 g/mol. The molecule has 19 heavy (non-hydrogen) atoms. The van der Waals surface area contributed by atoms with E-state index in [1.165, 1.54) is 25.3 Å². The topological polar surface area (TPSA) is 61.0 Å². The predicted octanol–water partition coefficient (Wildman–Crippen LogP) is 1.79. The normalized spacial score (nSPS) is 20.7. The molecule has 5 nitrogen and oxygen atoms in total. The largest absolute Gasteiger partial charge is 0.368 e. The van der Waals surface area contributed by atoms with E-state index in [9.17, 15) is 4.79 Å². The first-order chi connectivity index (χ1) is 9.06. The van der Waals surface area contributed by atoms with Gasteiger partial charge in [-0.25, -0.2) is 4.98 Å². The quantitative estimate of drug-likeness (QED) is 0.870. The second-order valence-corrected chi connectivity index (χ2v) is 5.68. The fourth-order valence-corrected chi connectivity index (χ4v) is 2.46. The molecule has 0 spiro atoms. The molecule has 0 saturated carbocycles. The van der Waals surface area contributed by atoms with E-state index in [1.54, 1.807) is 0 Å². The average Bonchev–Trinajstić information content (AvgIpc) is 2.37. The van der Waals surface area contributed by atoms with Crippen molar-refractivity contribution in [3.8, 4) is 0 Å². The zero-order valence-corrected chi connectivity index (χ0v) is 12.1. The Hall–Kier alpha value is -1.36. The molecule has 5 heteroatoms. The first-order valence-corrected chi connectivity index (χ1v) is 7.11. The predicted molar refractivity (Wildman–Crippen MR) is 77.7 cm³/mol. The van der Waals surface area contributed by atoms with Crippen molar-refractivity contribution in [1.29, 1.82) is 0 Å². The minimum atomic E-state index is -0.0850. The fraction of sp³-hybridized carbons (Fsp3) is 0.714. The third-order valence-corrected chi connectivity index (χ3v) is 3.75. The number of piperidine rings is 1. The molecular weight excluding hydrogens is 240 g/mol. The lowest BCUT2D eigenvalue weighted by molar-refractivity contribution is 0.194. The molecule has 1 aliphatic rings. The van der Waals surface area contributed by atoms with Crippen LogP contribution in [-0.2, 0) is 0 Å². The first kappa shape index (κ1) is 14.1. The highest BCUT2D eigenvalue weighted by atomic mass is 16.1.